The van der Waals surface area contributed by atoms with E-state index >= 15 is 0 Å². The van der Waals surface area contributed by atoms with Crippen molar-refractivity contribution in [2.24, 2.45) is 5.73 Å². The van der Waals surface area contributed by atoms with Gasteiger partial charge in [0.25, 0.3) is 5.91 Å². The predicted octanol–water partition coefficient (Wildman–Crippen LogP) is 1.58. The Morgan fingerprint density at radius 1 is 1.33 bits per heavy atom. The minimum Gasteiger partial charge on any atom is -0.487 e. The Morgan fingerprint density at radius 2 is 2.11 bits per heavy atom. The summed E-state index contributed by atoms with van der Waals surface area (Å²) in [5.41, 5.74) is 2.79. The molecule has 3 aliphatic heterocycles. The fourth-order valence-corrected chi connectivity index (χ4v) is 4.75. The van der Waals surface area contributed by atoms with E-state index in [2.05, 4.69) is 9.88 Å². The molecule has 0 spiro atoms. The molecule has 2 saturated heterocycles. The van der Waals surface area contributed by atoms with Gasteiger partial charge in [0.05, 0.1) is 42.4 Å². The molecule has 0 radical (unpaired) electrons. The monoisotopic (exact) mass is 530 g/mol. The number of anilines is 1. The Hall–Kier alpha value is -3.06. The van der Waals surface area contributed by atoms with Crippen LogP contribution in [0.3, 0.4) is 0 Å². The molecule has 196 valence electrons. The molecule has 36 heavy (non-hydrogen) atoms. The van der Waals surface area contributed by atoms with Crippen molar-refractivity contribution >= 4 is 35.4 Å². The third-order valence-electron chi connectivity index (χ3n) is 6.48. The lowest BCUT2D eigenvalue weighted by atomic mass is 10.0. The van der Waals surface area contributed by atoms with Gasteiger partial charge in [-0.15, -0.1) is 0 Å². The van der Waals surface area contributed by atoms with Crippen LogP contribution >= 0.6 is 11.6 Å². The van der Waals surface area contributed by atoms with Gasteiger partial charge in [0.15, 0.2) is 11.6 Å². The molecular formula is C22H26ClF3N6O4. The zero-order chi connectivity index (χ0) is 26.0. The number of ether oxygens (including phenoxy) is 2. The number of nitrogens with two attached hydrogens (primary N) is 1. The lowest BCUT2D eigenvalue weighted by Crippen LogP contribution is -2.58. The summed E-state index contributed by atoms with van der Waals surface area (Å²) >= 11 is 5.98. The van der Waals surface area contributed by atoms with Crippen LogP contribution < -0.4 is 15.4 Å². The molecular weight excluding hydrogens is 505 g/mol. The number of nitrogens with one attached hydrogen (secondary N) is 1. The lowest BCUT2D eigenvalue weighted by Gasteiger charge is -2.45. The maximum atomic E-state index is 13.2. The number of carbonyl (C=O) groups excluding carboxylic acids is 2. The van der Waals surface area contributed by atoms with E-state index in [-0.39, 0.29) is 38.1 Å². The molecule has 4 heterocycles. The molecule has 0 aromatic carbocycles. The minimum atomic E-state index is -4.97. The number of hydrogen-bond acceptors (Lipinski definition) is 8. The van der Waals surface area contributed by atoms with E-state index in [0.29, 0.717) is 55.5 Å². The van der Waals surface area contributed by atoms with Crippen LogP contribution in [0.5, 0.6) is 5.75 Å². The van der Waals surface area contributed by atoms with Gasteiger partial charge in [-0.1, -0.05) is 11.6 Å². The molecule has 10 nitrogen and oxygen atoms in total. The standard InChI is InChI=1S/C22H26ClF3N6O4/c23-13-7-17-21(29-9-13)32-5-4-30(10-15(32)12-36-17)18(33)2-6-35-11-14-1-3-31(14)16(8-27)19(20(28)34)22(24,25)26/h7-9,14-15,27H,1-6,10-12H2,(H2,28,34)/b19-16-,27-8?/t14-,15-/m0/s1. The fraction of sp³-hybridized carbons (Fsp3) is 0.545. The second-order valence-electron chi connectivity index (χ2n) is 8.70. The molecule has 3 N–H and O–H groups in total. The van der Waals surface area contributed by atoms with E-state index in [1.54, 1.807) is 17.2 Å². The van der Waals surface area contributed by atoms with Crippen molar-refractivity contribution in [1.82, 2.24) is 14.8 Å². The Morgan fingerprint density at radius 3 is 2.75 bits per heavy atom. The molecule has 2 amide bonds. The highest BCUT2D eigenvalue weighted by Crippen LogP contribution is 2.35. The number of likely N-dealkylation sites (tertiary alicyclic amines) is 1. The first-order chi connectivity index (χ1) is 17.1. The molecule has 1 aromatic rings. The van der Waals surface area contributed by atoms with Crippen LogP contribution in [0.1, 0.15) is 12.8 Å². The number of carbonyl (C=O) groups is 2. The number of halogens is 4. The van der Waals surface area contributed by atoms with Crippen molar-refractivity contribution in [3.63, 3.8) is 0 Å². The third kappa shape index (κ3) is 5.36. The number of piperazine rings is 1. The van der Waals surface area contributed by atoms with E-state index in [1.807, 2.05) is 0 Å². The summed E-state index contributed by atoms with van der Waals surface area (Å²) in [5.74, 6) is -0.400. The molecule has 0 aliphatic carbocycles. The predicted molar refractivity (Wildman–Crippen MR) is 124 cm³/mol. The zero-order valence-electron chi connectivity index (χ0n) is 19.3. The summed E-state index contributed by atoms with van der Waals surface area (Å²) in [6.45, 7) is 2.38. The van der Waals surface area contributed by atoms with Gasteiger partial charge in [-0.2, -0.15) is 13.2 Å². The Balaban J connectivity index is 1.25. The first kappa shape index (κ1) is 26.0. The number of alkyl halides is 3. The van der Waals surface area contributed by atoms with Gasteiger partial charge in [-0.25, -0.2) is 4.98 Å². The number of aromatic nitrogens is 1. The number of pyridine rings is 1. The molecule has 0 bridgehead atoms. The van der Waals surface area contributed by atoms with Gasteiger partial charge in [-0.3, -0.25) is 9.59 Å². The molecule has 1 aromatic heterocycles. The average molecular weight is 531 g/mol. The Kier molecular flexibility index (Phi) is 7.59. The van der Waals surface area contributed by atoms with Crippen molar-refractivity contribution < 1.29 is 32.2 Å². The molecule has 0 unspecified atom stereocenters. The summed E-state index contributed by atoms with van der Waals surface area (Å²) in [7, 11) is 0. The average Bonchev–Trinajstić information content (AvgIpc) is 2.80. The summed E-state index contributed by atoms with van der Waals surface area (Å²) in [5, 5.41) is 7.86. The zero-order valence-corrected chi connectivity index (χ0v) is 20.0. The summed E-state index contributed by atoms with van der Waals surface area (Å²) in [6.07, 6.45) is -2.28. The number of fused-ring (bicyclic) bond motifs is 3. The van der Waals surface area contributed by atoms with E-state index in [1.165, 1.54) is 4.90 Å². The smallest absolute Gasteiger partial charge is 0.423 e. The van der Waals surface area contributed by atoms with Crippen molar-refractivity contribution in [3.05, 3.63) is 28.6 Å². The molecule has 2 fully saturated rings. The molecule has 0 saturated carbocycles. The highest BCUT2D eigenvalue weighted by atomic mass is 35.5. The van der Waals surface area contributed by atoms with Crippen LogP contribution in [0.25, 0.3) is 0 Å². The van der Waals surface area contributed by atoms with E-state index in [9.17, 15) is 22.8 Å². The normalized spacial score (nSPS) is 22.1. The van der Waals surface area contributed by atoms with E-state index < -0.39 is 29.4 Å². The fourth-order valence-electron chi connectivity index (χ4n) is 4.60. The molecule has 14 heteroatoms. The maximum Gasteiger partial charge on any atom is 0.423 e. The van der Waals surface area contributed by atoms with Crippen LogP contribution in [0.15, 0.2) is 23.5 Å². The van der Waals surface area contributed by atoms with Crippen molar-refractivity contribution in [2.45, 2.75) is 31.1 Å². The van der Waals surface area contributed by atoms with E-state index in [0.717, 1.165) is 0 Å². The molecule has 2 atom stereocenters. The quantitative estimate of drug-likeness (QED) is 0.297. The summed E-state index contributed by atoms with van der Waals surface area (Å²) in [4.78, 5) is 33.6. The van der Waals surface area contributed by atoms with Crippen LogP contribution in [-0.4, -0.2) is 97.1 Å². The van der Waals surface area contributed by atoms with Crippen molar-refractivity contribution in [3.8, 4) is 5.75 Å². The van der Waals surface area contributed by atoms with Gasteiger partial charge in [0.1, 0.15) is 12.2 Å². The number of amides is 2. The first-order valence-corrected chi connectivity index (χ1v) is 11.8. The summed E-state index contributed by atoms with van der Waals surface area (Å²) < 4.78 is 51.1. The largest absolute Gasteiger partial charge is 0.487 e. The highest BCUT2D eigenvalue weighted by Gasteiger charge is 2.43. The second-order valence-corrected chi connectivity index (χ2v) is 9.14. The van der Waals surface area contributed by atoms with E-state index in [4.69, 9.17) is 32.2 Å². The molecule has 4 rings (SSSR count). The van der Waals surface area contributed by atoms with Gasteiger partial charge in [0.2, 0.25) is 5.91 Å². The molecule has 3 aliphatic rings. The van der Waals surface area contributed by atoms with Crippen molar-refractivity contribution in [1.29, 1.82) is 5.41 Å². The van der Waals surface area contributed by atoms with Crippen molar-refractivity contribution in [2.75, 3.05) is 50.9 Å². The van der Waals surface area contributed by atoms with Gasteiger partial charge in [0, 0.05) is 44.7 Å². The number of primary amides is 1. The minimum absolute atomic E-state index is 0.0345. The number of hydrogen-bond donors (Lipinski definition) is 2. The SMILES string of the molecule is N=C/C(=C(\C(N)=O)C(F)(F)F)N1CC[C@H]1COCCC(=O)N1CCN2c3ncc(Cl)cc3OC[C@@H]2C1. The summed E-state index contributed by atoms with van der Waals surface area (Å²) in [6, 6.07) is 1.24. The van der Waals surface area contributed by atoms with Crippen LogP contribution in [0, 0.1) is 5.41 Å². The van der Waals surface area contributed by atoms with Gasteiger partial charge < -0.3 is 35.3 Å². The van der Waals surface area contributed by atoms with Crippen LogP contribution in [0.2, 0.25) is 5.02 Å². The second kappa shape index (κ2) is 10.5. The van der Waals surface area contributed by atoms with Gasteiger partial charge in [-0.05, 0) is 6.42 Å². The third-order valence-corrected chi connectivity index (χ3v) is 6.69. The first-order valence-electron chi connectivity index (χ1n) is 11.4. The number of rotatable bonds is 8. The number of nitrogens with zero attached hydrogens (tertiary/aromatic N) is 4. The Bertz CT molecular complexity index is 1070. The van der Waals surface area contributed by atoms with Crippen LogP contribution in [-0.2, 0) is 14.3 Å². The maximum absolute atomic E-state index is 13.2. The topological polar surface area (TPSA) is 125 Å². The lowest BCUT2D eigenvalue weighted by molar-refractivity contribution is -0.134. The van der Waals surface area contributed by atoms with Gasteiger partial charge >= 0.3 is 6.18 Å². The highest BCUT2D eigenvalue weighted by molar-refractivity contribution is 6.30. The van der Waals surface area contributed by atoms with Crippen LogP contribution in [0.4, 0.5) is 19.0 Å². The Labute approximate surface area is 210 Å². The number of allylic oxidation sites excluding steroid dienone is 1.